The number of nitrogens with two attached hydrogens (primary N) is 1. The molecule has 1 aromatic heterocycles. The molecule has 0 aliphatic carbocycles. The Hall–Kier alpha value is -2.82. The molecular formula is C18H19N3O2. The van der Waals surface area contributed by atoms with Gasteiger partial charge in [-0.15, -0.1) is 0 Å². The maximum Gasteiger partial charge on any atom is 0.220 e. The van der Waals surface area contributed by atoms with E-state index in [-0.39, 0.29) is 0 Å². The van der Waals surface area contributed by atoms with Crippen molar-refractivity contribution >= 4 is 16.9 Å². The van der Waals surface area contributed by atoms with E-state index in [1.54, 1.807) is 7.11 Å². The number of hydrogen-bond donors (Lipinski definition) is 1. The molecule has 0 saturated carbocycles. The average Bonchev–Trinajstić information content (AvgIpc) is 2.59. The van der Waals surface area contributed by atoms with Crippen LogP contribution in [-0.2, 0) is 6.42 Å². The number of para-hydroxylation sites is 1. The first-order valence-corrected chi connectivity index (χ1v) is 7.54. The van der Waals surface area contributed by atoms with E-state index in [1.807, 2.05) is 48.5 Å². The van der Waals surface area contributed by atoms with Crippen LogP contribution in [0.5, 0.6) is 11.5 Å². The Labute approximate surface area is 135 Å². The van der Waals surface area contributed by atoms with Gasteiger partial charge in [0.15, 0.2) is 0 Å². The fourth-order valence-electron chi connectivity index (χ4n) is 2.45. The molecule has 0 spiro atoms. The number of rotatable bonds is 6. The van der Waals surface area contributed by atoms with Crippen molar-refractivity contribution in [2.75, 3.05) is 19.5 Å². The van der Waals surface area contributed by atoms with Crippen molar-refractivity contribution in [1.29, 1.82) is 0 Å². The molecule has 3 aromatic rings. The Bertz CT molecular complexity index is 788. The first-order chi connectivity index (χ1) is 11.3. The highest BCUT2D eigenvalue weighted by Gasteiger charge is 2.05. The highest BCUT2D eigenvalue weighted by molar-refractivity contribution is 5.81. The molecule has 2 N–H and O–H groups in total. The monoisotopic (exact) mass is 309 g/mol. The van der Waals surface area contributed by atoms with Gasteiger partial charge in [0, 0.05) is 5.39 Å². The summed E-state index contributed by atoms with van der Waals surface area (Å²) in [6.45, 7) is 0.616. The number of anilines is 1. The van der Waals surface area contributed by atoms with Crippen molar-refractivity contribution in [2.45, 2.75) is 12.8 Å². The molecular weight excluding hydrogens is 290 g/mol. The van der Waals surface area contributed by atoms with Gasteiger partial charge >= 0.3 is 0 Å². The molecule has 0 saturated heterocycles. The van der Waals surface area contributed by atoms with Crippen LogP contribution in [0.1, 0.15) is 12.1 Å². The molecule has 0 amide bonds. The minimum Gasteiger partial charge on any atom is -0.497 e. The van der Waals surface area contributed by atoms with Gasteiger partial charge in [0.2, 0.25) is 5.95 Å². The Morgan fingerprint density at radius 1 is 0.957 bits per heavy atom. The number of fused-ring (bicyclic) bond motifs is 1. The van der Waals surface area contributed by atoms with E-state index in [4.69, 9.17) is 15.2 Å². The van der Waals surface area contributed by atoms with Gasteiger partial charge in [-0.2, -0.15) is 0 Å². The smallest absolute Gasteiger partial charge is 0.220 e. The Kier molecular flexibility index (Phi) is 4.57. The molecule has 0 aliphatic rings. The largest absolute Gasteiger partial charge is 0.497 e. The van der Waals surface area contributed by atoms with Gasteiger partial charge in [0.05, 0.1) is 24.9 Å². The zero-order valence-electron chi connectivity index (χ0n) is 13.0. The van der Waals surface area contributed by atoms with Gasteiger partial charge in [0.1, 0.15) is 11.5 Å². The SMILES string of the molecule is COc1ccc(OCCCc2nc(N)nc3ccccc23)cc1. The molecule has 0 aliphatic heterocycles. The molecule has 5 nitrogen and oxygen atoms in total. The predicted molar refractivity (Wildman–Crippen MR) is 90.8 cm³/mol. The predicted octanol–water partition coefficient (Wildman–Crippen LogP) is 3.23. The molecule has 2 aromatic carbocycles. The number of nitrogen functional groups attached to an aromatic ring is 1. The van der Waals surface area contributed by atoms with Crippen LogP contribution in [0.25, 0.3) is 10.9 Å². The van der Waals surface area contributed by atoms with Crippen molar-refractivity contribution in [1.82, 2.24) is 9.97 Å². The lowest BCUT2D eigenvalue weighted by Gasteiger charge is -2.08. The molecule has 118 valence electrons. The second-order valence-corrected chi connectivity index (χ2v) is 5.17. The number of hydrogen-bond acceptors (Lipinski definition) is 5. The third-order valence-electron chi connectivity index (χ3n) is 3.59. The standard InChI is InChI=1S/C18H19N3O2/c1-22-13-8-10-14(11-9-13)23-12-4-7-17-15-5-2-3-6-16(15)20-18(19)21-17/h2-3,5-6,8-11H,4,7,12H2,1H3,(H2,19,20,21). The normalized spacial score (nSPS) is 10.7. The van der Waals surface area contributed by atoms with E-state index in [2.05, 4.69) is 9.97 Å². The van der Waals surface area contributed by atoms with E-state index < -0.39 is 0 Å². The summed E-state index contributed by atoms with van der Waals surface area (Å²) in [5.74, 6) is 1.97. The number of benzene rings is 2. The molecule has 3 rings (SSSR count). The third kappa shape index (κ3) is 3.69. The molecule has 23 heavy (non-hydrogen) atoms. The van der Waals surface area contributed by atoms with Crippen LogP contribution in [0, 0.1) is 0 Å². The zero-order chi connectivity index (χ0) is 16.1. The van der Waals surface area contributed by atoms with E-state index in [1.165, 1.54) is 0 Å². The highest BCUT2D eigenvalue weighted by Crippen LogP contribution is 2.19. The summed E-state index contributed by atoms with van der Waals surface area (Å²) in [4.78, 5) is 8.62. The van der Waals surface area contributed by atoms with Gasteiger partial charge in [0.25, 0.3) is 0 Å². The molecule has 0 fully saturated rings. The first kappa shape index (κ1) is 15.1. The molecule has 0 bridgehead atoms. The lowest BCUT2D eigenvalue weighted by molar-refractivity contribution is 0.310. The van der Waals surface area contributed by atoms with Crippen molar-refractivity contribution in [3.63, 3.8) is 0 Å². The summed E-state index contributed by atoms with van der Waals surface area (Å²) < 4.78 is 10.9. The van der Waals surface area contributed by atoms with Crippen LogP contribution in [0.2, 0.25) is 0 Å². The average molecular weight is 309 g/mol. The molecule has 5 heteroatoms. The summed E-state index contributed by atoms with van der Waals surface area (Å²) in [5, 5.41) is 1.05. The van der Waals surface area contributed by atoms with Crippen LogP contribution in [-0.4, -0.2) is 23.7 Å². The number of aryl methyl sites for hydroxylation is 1. The van der Waals surface area contributed by atoms with Crippen LogP contribution in [0.15, 0.2) is 48.5 Å². The van der Waals surface area contributed by atoms with Crippen LogP contribution in [0.4, 0.5) is 5.95 Å². The minimum absolute atomic E-state index is 0.315. The Morgan fingerprint density at radius 2 is 1.70 bits per heavy atom. The molecule has 0 unspecified atom stereocenters. The van der Waals surface area contributed by atoms with Crippen molar-refractivity contribution in [2.24, 2.45) is 0 Å². The van der Waals surface area contributed by atoms with Gasteiger partial charge in [-0.1, -0.05) is 18.2 Å². The Balaban J connectivity index is 1.60. The summed E-state index contributed by atoms with van der Waals surface area (Å²) in [7, 11) is 1.65. The highest BCUT2D eigenvalue weighted by atomic mass is 16.5. The second kappa shape index (κ2) is 6.96. The lowest BCUT2D eigenvalue weighted by atomic mass is 10.1. The van der Waals surface area contributed by atoms with Gasteiger partial charge < -0.3 is 15.2 Å². The van der Waals surface area contributed by atoms with E-state index in [0.717, 1.165) is 40.9 Å². The fourth-order valence-corrected chi connectivity index (χ4v) is 2.45. The molecule has 0 radical (unpaired) electrons. The maximum atomic E-state index is 5.78. The van der Waals surface area contributed by atoms with Gasteiger partial charge in [-0.25, -0.2) is 9.97 Å². The van der Waals surface area contributed by atoms with Gasteiger partial charge in [-0.3, -0.25) is 0 Å². The van der Waals surface area contributed by atoms with E-state index in [0.29, 0.717) is 12.6 Å². The van der Waals surface area contributed by atoms with Crippen LogP contribution in [0.3, 0.4) is 0 Å². The number of aromatic nitrogens is 2. The lowest BCUT2D eigenvalue weighted by Crippen LogP contribution is -2.04. The molecule has 1 heterocycles. The fraction of sp³-hybridized carbons (Fsp3) is 0.222. The third-order valence-corrected chi connectivity index (χ3v) is 3.59. The van der Waals surface area contributed by atoms with Crippen molar-refractivity contribution < 1.29 is 9.47 Å². The summed E-state index contributed by atoms with van der Waals surface area (Å²) in [6.07, 6.45) is 1.65. The number of nitrogens with zero attached hydrogens (tertiary/aromatic N) is 2. The first-order valence-electron chi connectivity index (χ1n) is 7.54. The van der Waals surface area contributed by atoms with Crippen LogP contribution < -0.4 is 15.2 Å². The van der Waals surface area contributed by atoms with Crippen molar-refractivity contribution in [3.05, 3.63) is 54.2 Å². The minimum atomic E-state index is 0.315. The topological polar surface area (TPSA) is 70.3 Å². The van der Waals surface area contributed by atoms with E-state index in [9.17, 15) is 0 Å². The quantitative estimate of drug-likeness (QED) is 0.708. The molecule has 0 atom stereocenters. The summed E-state index contributed by atoms with van der Waals surface area (Å²) in [5.41, 5.74) is 7.63. The maximum absolute atomic E-state index is 5.78. The zero-order valence-corrected chi connectivity index (χ0v) is 13.0. The second-order valence-electron chi connectivity index (χ2n) is 5.17. The number of ether oxygens (including phenoxy) is 2. The Morgan fingerprint density at radius 3 is 2.48 bits per heavy atom. The summed E-state index contributed by atoms with van der Waals surface area (Å²) >= 11 is 0. The van der Waals surface area contributed by atoms with Crippen molar-refractivity contribution in [3.8, 4) is 11.5 Å². The van der Waals surface area contributed by atoms with Crippen LogP contribution >= 0.6 is 0 Å². The summed E-state index contributed by atoms with van der Waals surface area (Å²) in [6, 6.07) is 15.5. The number of methoxy groups -OCH3 is 1. The van der Waals surface area contributed by atoms with E-state index >= 15 is 0 Å². The van der Waals surface area contributed by atoms with Gasteiger partial charge in [-0.05, 0) is 43.2 Å².